The Morgan fingerprint density at radius 2 is 1.40 bits per heavy atom. The Labute approximate surface area is 253 Å². The number of nitrogens with zero attached hydrogens (tertiary/aromatic N) is 2. The average molecular weight is 645 g/mol. The second kappa shape index (κ2) is 13.4. The van der Waals surface area contributed by atoms with Crippen LogP contribution in [-0.4, -0.2) is 45.8 Å². The summed E-state index contributed by atoms with van der Waals surface area (Å²) in [5.41, 5.74) is -0.962. The van der Waals surface area contributed by atoms with Gasteiger partial charge in [0.25, 0.3) is 11.5 Å². The lowest BCUT2D eigenvalue weighted by molar-refractivity contribution is -0.0584. The van der Waals surface area contributed by atoms with Crippen molar-refractivity contribution >= 4 is 39.9 Å². The molecule has 2 heterocycles. The molecule has 1 fully saturated rings. The topological polar surface area (TPSA) is 123 Å². The van der Waals surface area contributed by atoms with Crippen molar-refractivity contribution in [2.24, 2.45) is 0 Å². The van der Waals surface area contributed by atoms with Gasteiger partial charge in [-0.25, -0.2) is 14.4 Å². The van der Waals surface area contributed by atoms with Crippen LogP contribution >= 0.6 is 15.9 Å². The lowest BCUT2D eigenvalue weighted by Gasteiger charge is -2.19. The molecule has 218 valence electrons. The lowest BCUT2D eigenvalue weighted by Crippen LogP contribution is -2.45. The van der Waals surface area contributed by atoms with Gasteiger partial charge in [-0.15, -0.1) is 0 Å². The summed E-state index contributed by atoms with van der Waals surface area (Å²) in [6.45, 7) is -0.289. The Morgan fingerprint density at radius 1 is 0.837 bits per heavy atom. The number of carbonyl (C=O) groups is 3. The first-order valence-corrected chi connectivity index (χ1v) is 14.2. The summed E-state index contributed by atoms with van der Waals surface area (Å²) in [6, 6.07) is 24.6. The lowest BCUT2D eigenvalue weighted by atomic mass is 10.1. The zero-order valence-corrected chi connectivity index (χ0v) is 24.2. The zero-order valence-electron chi connectivity index (χ0n) is 22.6. The molecule has 3 atom stereocenters. The number of ether oxygens (including phenoxy) is 3. The molecule has 5 rings (SSSR count). The summed E-state index contributed by atoms with van der Waals surface area (Å²) in [7, 11) is 0. The highest BCUT2D eigenvalue weighted by atomic mass is 79.9. The van der Waals surface area contributed by atoms with Crippen LogP contribution in [0.3, 0.4) is 0 Å². The van der Waals surface area contributed by atoms with E-state index >= 15 is 0 Å². The van der Waals surface area contributed by atoms with Crippen molar-refractivity contribution in [2.45, 2.75) is 24.9 Å². The molecule has 0 N–H and O–H groups in total. The first-order valence-electron chi connectivity index (χ1n) is 13.3. The number of aromatic nitrogens is 2. The molecule has 0 saturated carbocycles. The molecule has 0 amide bonds. The fourth-order valence-electron chi connectivity index (χ4n) is 4.61. The molecule has 0 spiro atoms. The summed E-state index contributed by atoms with van der Waals surface area (Å²) in [5.74, 6) is -2.05. The van der Waals surface area contributed by atoms with Crippen LogP contribution in [0.4, 0.5) is 0 Å². The van der Waals surface area contributed by atoms with Crippen molar-refractivity contribution in [3.8, 4) is 0 Å². The van der Waals surface area contributed by atoms with Crippen molar-refractivity contribution < 1.29 is 28.6 Å². The summed E-state index contributed by atoms with van der Waals surface area (Å²) in [6.07, 6.45) is -0.323. The molecule has 3 aromatic carbocycles. The molecule has 1 aliphatic heterocycles. The number of carbonyl (C=O) groups excluding carboxylic acids is 3. The Kier molecular flexibility index (Phi) is 9.23. The van der Waals surface area contributed by atoms with Gasteiger partial charge in [0.15, 0.2) is 0 Å². The fraction of sp³-hybridized carbons (Fsp3) is 0.156. The van der Waals surface area contributed by atoms with Gasteiger partial charge < -0.3 is 14.2 Å². The Hall–Kier alpha value is -4.87. The minimum Gasteiger partial charge on any atom is -0.459 e. The van der Waals surface area contributed by atoms with Gasteiger partial charge >= 0.3 is 17.6 Å². The van der Waals surface area contributed by atoms with Gasteiger partial charge in [0, 0.05) is 18.2 Å². The maximum Gasteiger partial charge on any atom is 0.340 e. The summed E-state index contributed by atoms with van der Waals surface area (Å²) < 4.78 is 19.0. The molecule has 1 aliphatic rings. The minimum atomic E-state index is -1.07. The van der Waals surface area contributed by atoms with Crippen LogP contribution in [-0.2, 0) is 14.2 Å². The van der Waals surface area contributed by atoms with Gasteiger partial charge in [0.1, 0.15) is 25.0 Å². The summed E-state index contributed by atoms with van der Waals surface area (Å²) >= 11 is 3.14. The van der Waals surface area contributed by atoms with Crippen LogP contribution < -0.4 is 11.2 Å². The number of esters is 2. The van der Waals surface area contributed by atoms with E-state index in [4.69, 9.17) is 14.2 Å². The van der Waals surface area contributed by atoms with Crippen LogP contribution in [0, 0.1) is 0 Å². The molecule has 43 heavy (non-hydrogen) atoms. The van der Waals surface area contributed by atoms with Crippen molar-refractivity contribution in [3.63, 3.8) is 0 Å². The van der Waals surface area contributed by atoms with Crippen LogP contribution in [0.25, 0.3) is 6.08 Å². The van der Waals surface area contributed by atoms with E-state index in [0.717, 1.165) is 4.57 Å². The summed E-state index contributed by atoms with van der Waals surface area (Å²) in [4.78, 5) is 67.1. The first kappa shape index (κ1) is 29.6. The fourth-order valence-corrected chi connectivity index (χ4v) is 4.89. The zero-order chi connectivity index (χ0) is 30.3. The molecule has 1 saturated heterocycles. The summed E-state index contributed by atoms with van der Waals surface area (Å²) in [5, 5.41) is 0. The van der Waals surface area contributed by atoms with Gasteiger partial charge in [-0.3, -0.25) is 14.2 Å². The van der Waals surface area contributed by atoms with Gasteiger partial charge in [0.2, 0.25) is 0 Å². The second-order valence-electron chi connectivity index (χ2n) is 9.52. The maximum absolute atomic E-state index is 13.7. The van der Waals surface area contributed by atoms with Gasteiger partial charge in [0.05, 0.1) is 16.7 Å². The largest absolute Gasteiger partial charge is 0.459 e. The Balaban J connectivity index is 1.48. The number of hydrogen-bond donors (Lipinski definition) is 0. The van der Waals surface area contributed by atoms with E-state index in [2.05, 4.69) is 15.9 Å². The Bertz CT molecular complexity index is 1770. The van der Waals surface area contributed by atoms with Gasteiger partial charge in [-0.1, -0.05) is 70.5 Å². The third-order valence-corrected chi connectivity index (χ3v) is 7.02. The molecule has 0 aliphatic carbocycles. The number of halogens is 1. The number of rotatable bonds is 8. The Morgan fingerprint density at radius 3 is 1.98 bits per heavy atom. The normalized spacial score (nSPS) is 17.9. The van der Waals surface area contributed by atoms with Crippen LogP contribution in [0.2, 0.25) is 0 Å². The van der Waals surface area contributed by atoms with E-state index in [1.165, 1.54) is 29.4 Å². The molecular weight excluding hydrogens is 620 g/mol. The molecular formula is C32H25BrN2O8. The van der Waals surface area contributed by atoms with Crippen molar-refractivity contribution in [3.05, 3.63) is 145 Å². The smallest absolute Gasteiger partial charge is 0.340 e. The highest BCUT2D eigenvalue weighted by Crippen LogP contribution is 2.31. The molecule has 4 aromatic rings. The second-order valence-corrected chi connectivity index (χ2v) is 10.0. The number of benzene rings is 3. The van der Waals surface area contributed by atoms with E-state index in [0.29, 0.717) is 15.7 Å². The molecule has 10 nitrogen and oxygen atoms in total. The predicted molar refractivity (Wildman–Crippen MR) is 160 cm³/mol. The van der Waals surface area contributed by atoms with E-state index < -0.39 is 47.5 Å². The maximum atomic E-state index is 13.7. The third kappa shape index (κ3) is 6.63. The SMILES string of the molecule is O=C(OC[C@H]1O[C@@H](n2cc(/C=C/Br)c(=O)n(C(=O)c3ccccc3)c2=O)C[C@@H]1OC(=O)c1ccccc1)c1ccccc1. The van der Waals surface area contributed by atoms with Crippen LogP contribution in [0.5, 0.6) is 0 Å². The van der Waals surface area contributed by atoms with Crippen LogP contribution in [0.1, 0.15) is 49.3 Å². The third-order valence-electron chi connectivity index (χ3n) is 6.75. The molecule has 11 heteroatoms. The van der Waals surface area contributed by atoms with Gasteiger partial charge in [-0.05, 0) is 47.5 Å². The van der Waals surface area contributed by atoms with E-state index in [1.54, 1.807) is 78.9 Å². The molecule has 0 bridgehead atoms. The van der Waals surface area contributed by atoms with E-state index in [1.807, 2.05) is 0 Å². The van der Waals surface area contributed by atoms with E-state index in [9.17, 15) is 24.0 Å². The molecule has 0 unspecified atom stereocenters. The first-order chi connectivity index (χ1) is 20.9. The standard InChI is InChI=1S/C32H25BrN2O8/c33-17-16-24-19-34(32(40)35(29(24)37)28(36)21-10-4-1-5-11-21)27-18-25(43-31(39)23-14-8-3-9-15-23)26(42-27)20-41-30(38)22-12-6-2-7-13-22/h1-17,19,25-27H,18,20H2/b17-16+/t25-,26+,27+/m0/s1. The van der Waals surface area contributed by atoms with Crippen molar-refractivity contribution in [1.29, 1.82) is 0 Å². The van der Waals surface area contributed by atoms with Crippen molar-refractivity contribution in [1.82, 2.24) is 9.13 Å². The van der Waals surface area contributed by atoms with Crippen LogP contribution in [0.15, 0.2) is 112 Å². The quantitative estimate of drug-likeness (QED) is 0.258. The molecule has 0 radical (unpaired) electrons. The highest BCUT2D eigenvalue weighted by Gasteiger charge is 2.41. The predicted octanol–water partition coefficient (Wildman–Crippen LogP) is 4.43. The number of hydrogen-bond acceptors (Lipinski definition) is 8. The monoisotopic (exact) mass is 644 g/mol. The minimum absolute atomic E-state index is 0.0266. The average Bonchev–Trinajstić information content (AvgIpc) is 3.44. The van der Waals surface area contributed by atoms with Gasteiger partial charge in [-0.2, -0.15) is 4.57 Å². The molecule has 1 aromatic heterocycles. The van der Waals surface area contributed by atoms with Crippen molar-refractivity contribution in [2.75, 3.05) is 6.61 Å². The van der Waals surface area contributed by atoms with E-state index in [-0.39, 0.29) is 24.2 Å². The highest BCUT2D eigenvalue weighted by molar-refractivity contribution is 9.11.